The molecule has 116 valence electrons. The second-order valence-electron chi connectivity index (χ2n) is 4.69. The van der Waals surface area contributed by atoms with Gasteiger partial charge < -0.3 is 4.43 Å². The Bertz CT molecular complexity index is 197. The summed E-state index contributed by atoms with van der Waals surface area (Å²) >= 11 is 0. The Morgan fingerprint density at radius 3 is 1.63 bits per heavy atom. The third-order valence-electron chi connectivity index (χ3n) is 3.59. The van der Waals surface area contributed by atoms with Gasteiger partial charge in [-0.3, -0.25) is 14.1 Å². The minimum Gasteiger partial charge on any atom is -0.380 e. The van der Waals surface area contributed by atoms with Crippen LogP contribution < -0.4 is 4.98 Å². The van der Waals surface area contributed by atoms with E-state index in [4.69, 9.17) is 4.43 Å². The van der Waals surface area contributed by atoms with E-state index in [1.54, 1.807) is 0 Å². The first-order chi connectivity index (χ1) is 9.16. The van der Waals surface area contributed by atoms with Crippen LogP contribution in [0.5, 0.6) is 0 Å². The maximum Gasteiger partial charge on any atom is 0.445 e. The third kappa shape index (κ3) is 5.15. The van der Waals surface area contributed by atoms with Gasteiger partial charge in [0.15, 0.2) is 0 Å². The van der Waals surface area contributed by atoms with E-state index in [1.807, 2.05) is 0 Å². The summed E-state index contributed by atoms with van der Waals surface area (Å²) < 4.78 is 11.5. The molecule has 0 fully saturated rings. The van der Waals surface area contributed by atoms with Gasteiger partial charge in [0.1, 0.15) is 0 Å². The van der Waals surface area contributed by atoms with E-state index >= 15 is 0 Å². The fraction of sp³-hybridized carbons (Fsp3) is 1.00. The van der Waals surface area contributed by atoms with E-state index in [2.05, 4.69) is 55.7 Å². The lowest BCUT2D eigenvalue weighted by atomic mass is 10.4. The molecule has 5 heteroatoms. The molecule has 0 unspecified atom stereocenters. The Kier molecular flexibility index (Phi) is 10.8. The molecule has 0 aliphatic heterocycles. The van der Waals surface area contributed by atoms with Crippen molar-refractivity contribution >= 4 is 8.80 Å². The molecule has 0 aromatic carbocycles. The molecule has 0 aliphatic rings. The Hall–Kier alpha value is 0.0569. The second-order valence-corrected chi connectivity index (χ2v) is 7.81. The molecule has 0 aromatic heterocycles. The Morgan fingerprint density at radius 2 is 1.32 bits per heavy atom. The molecule has 0 saturated heterocycles. The van der Waals surface area contributed by atoms with Gasteiger partial charge in [0, 0.05) is 6.61 Å². The minimum absolute atomic E-state index is 0.864. The SMILES string of the molecule is CCCCO[Si](NCC)(N(CC)CC)N(CC)CC. The summed E-state index contributed by atoms with van der Waals surface area (Å²) in [5, 5.41) is 0. The molecular formula is C14H35N3OSi. The van der Waals surface area contributed by atoms with Gasteiger partial charge in [0.05, 0.1) is 0 Å². The van der Waals surface area contributed by atoms with E-state index in [1.165, 1.54) is 6.42 Å². The van der Waals surface area contributed by atoms with Gasteiger partial charge in [0.25, 0.3) is 0 Å². The fourth-order valence-corrected chi connectivity index (χ4v) is 6.47. The summed E-state index contributed by atoms with van der Waals surface area (Å²) in [6, 6.07) is 0. The summed E-state index contributed by atoms with van der Waals surface area (Å²) in [6.07, 6.45) is 2.33. The lowest BCUT2D eigenvalue weighted by molar-refractivity contribution is 0.162. The highest BCUT2D eigenvalue weighted by Crippen LogP contribution is 2.15. The van der Waals surface area contributed by atoms with Crippen LogP contribution in [0.15, 0.2) is 0 Å². The van der Waals surface area contributed by atoms with E-state index in [-0.39, 0.29) is 0 Å². The van der Waals surface area contributed by atoms with Gasteiger partial charge in [-0.15, -0.1) is 0 Å². The molecule has 0 aliphatic carbocycles. The maximum absolute atomic E-state index is 6.48. The zero-order valence-corrected chi connectivity index (χ0v) is 15.0. The first-order valence-corrected chi connectivity index (χ1v) is 9.85. The van der Waals surface area contributed by atoms with Crippen molar-refractivity contribution < 1.29 is 4.43 Å². The first-order valence-electron chi connectivity index (χ1n) is 8.05. The van der Waals surface area contributed by atoms with E-state index in [0.717, 1.165) is 45.8 Å². The van der Waals surface area contributed by atoms with Gasteiger partial charge in [0.2, 0.25) is 0 Å². The van der Waals surface area contributed by atoms with Gasteiger partial charge in [-0.1, -0.05) is 48.0 Å². The van der Waals surface area contributed by atoms with Crippen LogP contribution in [0.25, 0.3) is 0 Å². The Balaban J connectivity index is 5.17. The van der Waals surface area contributed by atoms with Crippen LogP contribution >= 0.6 is 0 Å². The number of nitrogens with one attached hydrogen (secondary N) is 1. The van der Waals surface area contributed by atoms with Crippen LogP contribution in [-0.2, 0) is 4.43 Å². The van der Waals surface area contributed by atoms with Crippen LogP contribution in [0.1, 0.15) is 54.4 Å². The average Bonchev–Trinajstić information content (AvgIpc) is 2.42. The zero-order valence-electron chi connectivity index (χ0n) is 14.0. The van der Waals surface area contributed by atoms with E-state index in [0.29, 0.717) is 0 Å². The number of hydrogen-bond donors (Lipinski definition) is 1. The molecule has 0 rings (SSSR count). The first kappa shape index (κ1) is 19.1. The number of hydrogen-bond acceptors (Lipinski definition) is 4. The molecule has 0 radical (unpaired) electrons. The maximum atomic E-state index is 6.48. The highest BCUT2D eigenvalue weighted by Gasteiger charge is 2.46. The Labute approximate surface area is 121 Å². The van der Waals surface area contributed by atoms with Gasteiger partial charge in [-0.05, 0) is 39.1 Å². The van der Waals surface area contributed by atoms with E-state index < -0.39 is 8.80 Å². The smallest absolute Gasteiger partial charge is 0.380 e. The van der Waals surface area contributed by atoms with Crippen molar-refractivity contribution in [2.24, 2.45) is 0 Å². The van der Waals surface area contributed by atoms with Crippen molar-refractivity contribution in [2.75, 3.05) is 39.3 Å². The third-order valence-corrected chi connectivity index (χ3v) is 7.99. The largest absolute Gasteiger partial charge is 0.445 e. The summed E-state index contributed by atoms with van der Waals surface area (Å²) in [7, 11) is -2.17. The predicted octanol–water partition coefficient (Wildman–Crippen LogP) is 2.53. The average molecular weight is 290 g/mol. The monoisotopic (exact) mass is 289 g/mol. The van der Waals surface area contributed by atoms with Crippen molar-refractivity contribution in [3.05, 3.63) is 0 Å². The van der Waals surface area contributed by atoms with Crippen molar-refractivity contribution in [1.82, 2.24) is 14.1 Å². The van der Waals surface area contributed by atoms with Crippen molar-refractivity contribution in [1.29, 1.82) is 0 Å². The van der Waals surface area contributed by atoms with Crippen LogP contribution in [-0.4, -0.2) is 57.3 Å². The van der Waals surface area contributed by atoms with Gasteiger partial charge >= 0.3 is 8.80 Å². The second kappa shape index (κ2) is 10.8. The van der Waals surface area contributed by atoms with Crippen molar-refractivity contribution in [3.8, 4) is 0 Å². The highest BCUT2D eigenvalue weighted by atomic mass is 28.4. The van der Waals surface area contributed by atoms with Crippen LogP contribution in [0.2, 0.25) is 0 Å². The normalized spacial score (nSPS) is 12.6. The molecule has 0 atom stereocenters. The highest BCUT2D eigenvalue weighted by molar-refractivity contribution is 6.65. The summed E-state index contributed by atoms with van der Waals surface area (Å²) in [6.45, 7) is 19.3. The summed E-state index contributed by atoms with van der Waals surface area (Å²) in [4.78, 5) is 3.73. The Morgan fingerprint density at radius 1 is 0.842 bits per heavy atom. The summed E-state index contributed by atoms with van der Waals surface area (Å²) in [5.41, 5.74) is 0. The predicted molar refractivity (Wildman–Crippen MR) is 86.1 cm³/mol. The molecule has 0 heterocycles. The van der Waals surface area contributed by atoms with Crippen LogP contribution in [0.4, 0.5) is 0 Å². The van der Waals surface area contributed by atoms with Crippen molar-refractivity contribution in [3.63, 3.8) is 0 Å². The number of nitrogens with zero attached hydrogens (tertiary/aromatic N) is 2. The molecule has 0 bridgehead atoms. The van der Waals surface area contributed by atoms with Crippen LogP contribution in [0, 0.1) is 0 Å². The number of rotatable bonds is 12. The molecule has 0 aromatic rings. The van der Waals surface area contributed by atoms with Crippen LogP contribution in [0.3, 0.4) is 0 Å². The number of unbranched alkanes of at least 4 members (excludes halogenated alkanes) is 1. The lowest BCUT2D eigenvalue weighted by Gasteiger charge is -2.46. The van der Waals surface area contributed by atoms with Gasteiger partial charge in [-0.2, -0.15) is 0 Å². The molecule has 0 spiro atoms. The molecule has 4 nitrogen and oxygen atoms in total. The summed E-state index contributed by atoms with van der Waals surface area (Å²) in [5.74, 6) is 0. The molecule has 0 saturated carbocycles. The zero-order chi connectivity index (χ0) is 14.7. The van der Waals surface area contributed by atoms with Crippen molar-refractivity contribution in [2.45, 2.75) is 54.4 Å². The topological polar surface area (TPSA) is 27.7 Å². The molecule has 19 heavy (non-hydrogen) atoms. The quantitative estimate of drug-likeness (QED) is 0.441. The minimum atomic E-state index is -2.17. The van der Waals surface area contributed by atoms with E-state index in [9.17, 15) is 0 Å². The molecular weight excluding hydrogens is 254 g/mol. The fourth-order valence-electron chi connectivity index (χ4n) is 2.55. The van der Waals surface area contributed by atoms with Gasteiger partial charge in [-0.25, -0.2) is 0 Å². The molecule has 1 N–H and O–H groups in total. The standard InChI is InChI=1S/C14H35N3OSi/c1-7-13-14-18-19(15-8-2,16(9-3)10-4)17(11-5)12-6/h15H,7-14H2,1-6H3. The molecule has 0 amide bonds. The lowest BCUT2D eigenvalue weighted by Crippen LogP contribution is -2.76.